The molecule has 7 heteroatoms. The largest absolute Gasteiger partial charge is 0.457 e. The molecule has 122 valence electrons. The lowest BCUT2D eigenvalue weighted by molar-refractivity contribution is -0.144. The van der Waals surface area contributed by atoms with Crippen LogP contribution in [0, 0.1) is 0 Å². The third-order valence-electron chi connectivity index (χ3n) is 3.20. The van der Waals surface area contributed by atoms with Gasteiger partial charge in [0.15, 0.2) is 6.61 Å². The molecular formula is C17H12BrClN2O3. The molecule has 0 spiro atoms. The standard InChI is InChI=1S/C17H12BrClN2O3/c18-12-7-5-11(6-8-12)9-16(22)23-10-15-20-17(24-21-15)13-3-1-2-4-14(13)19/h1-8H,9-10H2. The number of aromatic nitrogens is 2. The molecule has 0 saturated carbocycles. The van der Waals surface area contributed by atoms with Gasteiger partial charge in [-0.3, -0.25) is 4.79 Å². The Balaban J connectivity index is 1.58. The predicted molar refractivity (Wildman–Crippen MR) is 92.4 cm³/mol. The molecule has 1 aromatic heterocycles. The van der Waals surface area contributed by atoms with E-state index in [9.17, 15) is 4.79 Å². The van der Waals surface area contributed by atoms with E-state index in [-0.39, 0.29) is 24.8 Å². The highest BCUT2D eigenvalue weighted by molar-refractivity contribution is 9.10. The zero-order valence-electron chi connectivity index (χ0n) is 12.4. The van der Waals surface area contributed by atoms with E-state index in [4.69, 9.17) is 20.9 Å². The van der Waals surface area contributed by atoms with Crippen molar-refractivity contribution in [1.82, 2.24) is 10.1 Å². The van der Waals surface area contributed by atoms with Crippen LogP contribution in [0.25, 0.3) is 11.5 Å². The zero-order valence-corrected chi connectivity index (χ0v) is 14.8. The van der Waals surface area contributed by atoms with Gasteiger partial charge < -0.3 is 9.26 Å². The molecule has 0 bridgehead atoms. The van der Waals surface area contributed by atoms with Crippen molar-refractivity contribution in [2.75, 3.05) is 0 Å². The third kappa shape index (κ3) is 4.21. The van der Waals surface area contributed by atoms with Gasteiger partial charge in [-0.15, -0.1) is 0 Å². The molecule has 1 heterocycles. The summed E-state index contributed by atoms with van der Waals surface area (Å²) in [5.74, 6) is 0.218. The maximum atomic E-state index is 11.9. The number of hydrogen-bond donors (Lipinski definition) is 0. The Bertz CT molecular complexity index is 849. The van der Waals surface area contributed by atoms with Crippen LogP contribution >= 0.6 is 27.5 Å². The van der Waals surface area contributed by atoms with Crippen molar-refractivity contribution in [2.24, 2.45) is 0 Å². The summed E-state index contributed by atoms with van der Waals surface area (Å²) in [7, 11) is 0. The van der Waals surface area contributed by atoms with Crippen LogP contribution in [0.3, 0.4) is 0 Å². The number of hydrogen-bond acceptors (Lipinski definition) is 5. The summed E-state index contributed by atoms with van der Waals surface area (Å²) in [6.45, 7) is -0.0523. The van der Waals surface area contributed by atoms with Crippen LogP contribution in [-0.2, 0) is 22.6 Å². The molecule has 2 aromatic carbocycles. The minimum Gasteiger partial charge on any atom is -0.457 e. The first-order valence-electron chi connectivity index (χ1n) is 7.09. The van der Waals surface area contributed by atoms with Gasteiger partial charge in [0.25, 0.3) is 5.89 Å². The molecule has 0 N–H and O–H groups in total. The fraction of sp³-hybridized carbons (Fsp3) is 0.118. The van der Waals surface area contributed by atoms with E-state index >= 15 is 0 Å². The maximum Gasteiger partial charge on any atom is 0.310 e. The van der Waals surface area contributed by atoms with Gasteiger partial charge in [-0.2, -0.15) is 4.98 Å². The molecule has 0 amide bonds. The lowest BCUT2D eigenvalue weighted by Crippen LogP contribution is -2.08. The van der Waals surface area contributed by atoms with E-state index in [0.29, 0.717) is 16.5 Å². The lowest BCUT2D eigenvalue weighted by Gasteiger charge is -2.02. The summed E-state index contributed by atoms with van der Waals surface area (Å²) in [5.41, 5.74) is 1.51. The van der Waals surface area contributed by atoms with Gasteiger partial charge in [0, 0.05) is 4.47 Å². The molecule has 0 unspecified atom stereocenters. The number of nitrogens with zero attached hydrogens (tertiary/aromatic N) is 2. The second-order valence-electron chi connectivity index (χ2n) is 4.96. The molecule has 24 heavy (non-hydrogen) atoms. The van der Waals surface area contributed by atoms with Crippen LogP contribution in [0.2, 0.25) is 5.02 Å². The smallest absolute Gasteiger partial charge is 0.310 e. The summed E-state index contributed by atoms with van der Waals surface area (Å²) >= 11 is 9.43. The fourth-order valence-corrected chi connectivity index (χ4v) is 2.50. The first-order chi connectivity index (χ1) is 11.6. The van der Waals surface area contributed by atoms with Gasteiger partial charge in [-0.25, -0.2) is 0 Å². The van der Waals surface area contributed by atoms with E-state index in [1.54, 1.807) is 12.1 Å². The number of carbonyl (C=O) groups excluding carboxylic acids is 1. The quantitative estimate of drug-likeness (QED) is 0.585. The van der Waals surface area contributed by atoms with E-state index in [1.807, 2.05) is 36.4 Å². The van der Waals surface area contributed by atoms with Crippen LogP contribution < -0.4 is 0 Å². The average Bonchev–Trinajstić information content (AvgIpc) is 3.04. The fourth-order valence-electron chi connectivity index (χ4n) is 2.02. The van der Waals surface area contributed by atoms with Crippen LogP contribution in [0.15, 0.2) is 57.5 Å². The van der Waals surface area contributed by atoms with Crippen molar-refractivity contribution in [3.8, 4) is 11.5 Å². The van der Waals surface area contributed by atoms with Gasteiger partial charge in [-0.1, -0.05) is 57.0 Å². The van der Waals surface area contributed by atoms with Gasteiger partial charge in [0.2, 0.25) is 5.82 Å². The number of benzene rings is 2. The molecular weight excluding hydrogens is 396 g/mol. The number of esters is 1. The number of carbonyl (C=O) groups is 1. The minimum absolute atomic E-state index is 0.0523. The summed E-state index contributed by atoms with van der Waals surface area (Å²) in [4.78, 5) is 16.0. The van der Waals surface area contributed by atoms with Crippen LogP contribution in [0.1, 0.15) is 11.4 Å². The van der Waals surface area contributed by atoms with E-state index in [0.717, 1.165) is 10.0 Å². The summed E-state index contributed by atoms with van der Waals surface area (Å²) in [6, 6.07) is 14.6. The topological polar surface area (TPSA) is 65.2 Å². The minimum atomic E-state index is -0.360. The van der Waals surface area contributed by atoms with Gasteiger partial charge in [-0.05, 0) is 29.8 Å². The van der Waals surface area contributed by atoms with Crippen molar-refractivity contribution >= 4 is 33.5 Å². The maximum absolute atomic E-state index is 11.9. The monoisotopic (exact) mass is 406 g/mol. The first kappa shape index (κ1) is 16.7. The molecule has 0 radical (unpaired) electrons. The summed E-state index contributed by atoms with van der Waals surface area (Å²) < 4.78 is 11.3. The summed E-state index contributed by atoms with van der Waals surface area (Å²) in [5, 5.41) is 4.31. The highest BCUT2D eigenvalue weighted by Gasteiger charge is 2.13. The Hall–Kier alpha value is -2.18. The van der Waals surface area contributed by atoms with Crippen molar-refractivity contribution in [1.29, 1.82) is 0 Å². The lowest BCUT2D eigenvalue weighted by atomic mass is 10.2. The SMILES string of the molecule is O=C(Cc1ccc(Br)cc1)OCc1noc(-c2ccccc2Cl)n1. The van der Waals surface area contributed by atoms with Crippen molar-refractivity contribution in [2.45, 2.75) is 13.0 Å². The first-order valence-corrected chi connectivity index (χ1v) is 8.26. The van der Waals surface area contributed by atoms with Crippen LogP contribution in [0.5, 0.6) is 0 Å². The Kier molecular flexibility index (Phi) is 5.27. The second-order valence-corrected chi connectivity index (χ2v) is 6.28. The molecule has 0 atom stereocenters. The van der Waals surface area contributed by atoms with Crippen LogP contribution in [-0.4, -0.2) is 16.1 Å². The molecule has 5 nitrogen and oxygen atoms in total. The number of halogens is 2. The molecule has 0 saturated heterocycles. The van der Waals surface area contributed by atoms with Crippen molar-refractivity contribution < 1.29 is 14.1 Å². The summed E-state index contributed by atoms with van der Waals surface area (Å²) in [6.07, 6.45) is 0.183. The van der Waals surface area contributed by atoms with Gasteiger partial charge in [0.1, 0.15) is 0 Å². The van der Waals surface area contributed by atoms with Crippen LogP contribution in [0.4, 0.5) is 0 Å². The van der Waals surface area contributed by atoms with E-state index in [1.165, 1.54) is 0 Å². The molecule has 0 aliphatic heterocycles. The Labute approximate surface area is 151 Å². The highest BCUT2D eigenvalue weighted by atomic mass is 79.9. The number of rotatable bonds is 5. The number of ether oxygens (including phenoxy) is 1. The predicted octanol–water partition coefficient (Wildman–Crippen LogP) is 4.44. The average molecular weight is 408 g/mol. The second kappa shape index (κ2) is 7.59. The zero-order chi connectivity index (χ0) is 16.9. The van der Waals surface area contributed by atoms with Crippen molar-refractivity contribution in [3.63, 3.8) is 0 Å². The Morgan fingerprint density at radius 2 is 1.92 bits per heavy atom. The third-order valence-corrected chi connectivity index (χ3v) is 4.05. The van der Waals surface area contributed by atoms with E-state index in [2.05, 4.69) is 26.1 Å². The van der Waals surface area contributed by atoms with Crippen molar-refractivity contribution in [3.05, 3.63) is 69.4 Å². The Morgan fingerprint density at radius 1 is 1.17 bits per heavy atom. The van der Waals surface area contributed by atoms with Gasteiger partial charge in [0.05, 0.1) is 17.0 Å². The molecule has 3 aromatic rings. The van der Waals surface area contributed by atoms with E-state index < -0.39 is 0 Å². The molecule has 0 aliphatic carbocycles. The van der Waals surface area contributed by atoms with Gasteiger partial charge >= 0.3 is 5.97 Å². The normalized spacial score (nSPS) is 10.6. The Morgan fingerprint density at radius 3 is 2.67 bits per heavy atom. The molecule has 3 rings (SSSR count). The highest BCUT2D eigenvalue weighted by Crippen LogP contribution is 2.25. The molecule has 0 aliphatic rings. The molecule has 0 fully saturated rings.